The summed E-state index contributed by atoms with van der Waals surface area (Å²) >= 11 is 0. The van der Waals surface area contributed by atoms with Crippen molar-refractivity contribution in [1.29, 1.82) is 0 Å². The number of amides is 1. The number of rotatable bonds is 5. The summed E-state index contributed by atoms with van der Waals surface area (Å²) in [6.45, 7) is 9.29. The maximum Gasteiger partial charge on any atom is 0.239 e. The van der Waals surface area contributed by atoms with Gasteiger partial charge < -0.3 is 16.0 Å². The summed E-state index contributed by atoms with van der Waals surface area (Å²) in [6, 6.07) is 9.98. The zero-order valence-corrected chi connectivity index (χ0v) is 15.4. The smallest absolute Gasteiger partial charge is 0.239 e. The van der Waals surface area contributed by atoms with Crippen LogP contribution in [0.4, 0.5) is 0 Å². The number of nitrogens with zero attached hydrogens (tertiary/aromatic N) is 2. The lowest BCUT2D eigenvalue weighted by atomic mass is 10.1. The number of nitrogens with one attached hydrogen (secondary N) is 3. The molecular formula is C19H27N5O. The number of para-hydroxylation sites is 1. The summed E-state index contributed by atoms with van der Waals surface area (Å²) < 4.78 is 0. The minimum atomic E-state index is -0.246. The number of aromatic nitrogens is 1. The van der Waals surface area contributed by atoms with Crippen LogP contribution < -0.4 is 16.0 Å². The van der Waals surface area contributed by atoms with Crippen LogP contribution in [0.2, 0.25) is 0 Å². The van der Waals surface area contributed by atoms with E-state index < -0.39 is 0 Å². The van der Waals surface area contributed by atoms with Crippen LogP contribution in [-0.2, 0) is 11.3 Å². The molecule has 0 saturated carbocycles. The van der Waals surface area contributed by atoms with E-state index in [1.54, 1.807) is 6.20 Å². The van der Waals surface area contributed by atoms with Crippen molar-refractivity contribution in [3.63, 3.8) is 0 Å². The number of aliphatic imine (C=N–C) groups is 1. The second kappa shape index (κ2) is 8.46. The Labute approximate surface area is 149 Å². The molecule has 0 bridgehead atoms. The second-order valence-electron chi connectivity index (χ2n) is 6.83. The summed E-state index contributed by atoms with van der Waals surface area (Å²) in [7, 11) is 0. The molecule has 1 heterocycles. The highest BCUT2D eigenvalue weighted by Crippen LogP contribution is 2.16. The van der Waals surface area contributed by atoms with Gasteiger partial charge in [0.25, 0.3) is 0 Å². The minimum absolute atomic E-state index is 0.0625. The molecule has 134 valence electrons. The lowest BCUT2D eigenvalue weighted by Gasteiger charge is -2.21. The van der Waals surface area contributed by atoms with Gasteiger partial charge in [-0.15, -0.1) is 0 Å². The average molecular weight is 341 g/mol. The number of carbonyl (C=O) groups excluding carboxylic acids is 1. The molecule has 1 aromatic carbocycles. The quantitative estimate of drug-likeness (QED) is 0.575. The van der Waals surface area contributed by atoms with E-state index in [0.717, 1.165) is 23.0 Å². The van der Waals surface area contributed by atoms with Crippen molar-refractivity contribution in [3.05, 3.63) is 42.1 Å². The molecule has 6 heteroatoms. The van der Waals surface area contributed by atoms with E-state index >= 15 is 0 Å². The molecule has 1 amide bonds. The highest BCUT2D eigenvalue weighted by molar-refractivity contribution is 5.87. The molecular weight excluding hydrogens is 314 g/mol. The van der Waals surface area contributed by atoms with Crippen LogP contribution in [0.3, 0.4) is 0 Å². The van der Waals surface area contributed by atoms with Gasteiger partial charge in [-0.2, -0.15) is 0 Å². The summed E-state index contributed by atoms with van der Waals surface area (Å²) in [6.07, 6.45) is 1.80. The average Bonchev–Trinajstić information content (AvgIpc) is 2.56. The summed E-state index contributed by atoms with van der Waals surface area (Å²) in [5, 5.41) is 10.2. The molecule has 0 aliphatic carbocycles. The molecule has 0 aliphatic heterocycles. The van der Waals surface area contributed by atoms with Gasteiger partial charge in [-0.05, 0) is 45.4 Å². The van der Waals surface area contributed by atoms with E-state index in [2.05, 4.69) is 25.9 Å². The zero-order chi connectivity index (χ0) is 18.3. The van der Waals surface area contributed by atoms with Crippen molar-refractivity contribution in [2.24, 2.45) is 4.99 Å². The topological polar surface area (TPSA) is 78.4 Å². The molecule has 0 atom stereocenters. The highest BCUT2D eigenvalue weighted by Gasteiger charge is 2.13. The minimum Gasteiger partial charge on any atom is -0.357 e. The molecule has 0 aliphatic rings. The summed E-state index contributed by atoms with van der Waals surface area (Å²) in [5.74, 6) is 0.555. The number of benzene rings is 1. The Kier molecular flexibility index (Phi) is 6.33. The van der Waals surface area contributed by atoms with Gasteiger partial charge in [0.2, 0.25) is 5.91 Å². The molecule has 2 aromatic rings. The van der Waals surface area contributed by atoms with Crippen molar-refractivity contribution < 1.29 is 4.79 Å². The number of hydrogen-bond donors (Lipinski definition) is 3. The fourth-order valence-corrected chi connectivity index (χ4v) is 2.43. The summed E-state index contributed by atoms with van der Waals surface area (Å²) in [5.41, 5.74) is 1.81. The third-order valence-electron chi connectivity index (χ3n) is 3.42. The first kappa shape index (κ1) is 18.7. The maximum atomic E-state index is 12.0. The summed E-state index contributed by atoms with van der Waals surface area (Å²) in [4.78, 5) is 20.9. The predicted octanol–water partition coefficient (Wildman–Crippen LogP) is 2.20. The Bertz CT molecular complexity index is 744. The predicted molar refractivity (Wildman–Crippen MR) is 102 cm³/mol. The SMILES string of the molecule is CCNC(=NCc1ccnc2ccccc12)NCC(=O)NC(C)(C)C. The monoisotopic (exact) mass is 341 g/mol. The third-order valence-corrected chi connectivity index (χ3v) is 3.42. The normalized spacial score (nSPS) is 12.1. The lowest BCUT2D eigenvalue weighted by Crippen LogP contribution is -2.48. The molecule has 6 nitrogen and oxygen atoms in total. The van der Waals surface area contributed by atoms with Gasteiger partial charge in [-0.1, -0.05) is 18.2 Å². The number of guanidine groups is 1. The van der Waals surface area contributed by atoms with E-state index in [1.165, 1.54) is 0 Å². The first-order valence-corrected chi connectivity index (χ1v) is 8.55. The lowest BCUT2D eigenvalue weighted by molar-refractivity contribution is -0.121. The van der Waals surface area contributed by atoms with Crippen molar-refractivity contribution in [2.75, 3.05) is 13.1 Å². The molecule has 0 fully saturated rings. The van der Waals surface area contributed by atoms with Gasteiger partial charge in [0.15, 0.2) is 5.96 Å². The third kappa shape index (κ3) is 6.06. The van der Waals surface area contributed by atoms with E-state index in [1.807, 2.05) is 58.0 Å². The molecule has 1 aromatic heterocycles. The van der Waals surface area contributed by atoms with Gasteiger partial charge in [0, 0.05) is 23.7 Å². The maximum absolute atomic E-state index is 12.0. The second-order valence-corrected chi connectivity index (χ2v) is 6.83. The highest BCUT2D eigenvalue weighted by atomic mass is 16.2. The molecule has 0 unspecified atom stereocenters. The molecule has 0 saturated heterocycles. The molecule has 3 N–H and O–H groups in total. The Balaban J connectivity index is 2.05. The van der Waals surface area contributed by atoms with Crippen LogP contribution in [-0.4, -0.2) is 35.5 Å². The van der Waals surface area contributed by atoms with Crippen molar-refractivity contribution in [2.45, 2.75) is 39.8 Å². The zero-order valence-electron chi connectivity index (χ0n) is 15.4. The standard InChI is InChI=1S/C19H27N5O/c1-5-20-18(23-13-17(25)24-19(2,3)4)22-12-14-10-11-21-16-9-7-6-8-15(14)16/h6-11H,5,12-13H2,1-4H3,(H,24,25)(H2,20,22,23). The Hall–Kier alpha value is -2.63. The number of carbonyl (C=O) groups is 1. The van der Waals surface area contributed by atoms with Crippen LogP contribution in [0, 0.1) is 0 Å². The largest absolute Gasteiger partial charge is 0.357 e. The first-order valence-electron chi connectivity index (χ1n) is 8.55. The van der Waals surface area contributed by atoms with Gasteiger partial charge >= 0.3 is 0 Å². The number of hydrogen-bond acceptors (Lipinski definition) is 3. The Morgan fingerprint density at radius 3 is 2.64 bits per heavy atom. The van der Waals surface area contributed by atoms with Gasteiger partial charge in [0.1, 0.15) is 0 Å². The molecule has 2 rings (SSSR count). The van der Waals surface area contributed by atoms with Crippen molar-refractivity contribution >= 4 is 22.8 Å². The van der Waals surface area contributed by atoms with Gasteiger partial charge in [0.05, 0.1) is 18.6 Å². The van der Waals surface area contributed by atoms with Gasteiger partial charge in [-0.3, -0.25) is 9.78 Å². The van der Waals surface area contributed by atoms with Crippen LogP contribution in [0.5, 0.6) is 0 Å². The Morgan fingerprint density at radius 1 is 1.16 bits per heavy atom. The van der Waals surface area contributed by atoms with E-state index in [-0.39, 0.29) is 18.0 Å². The number of fused-ring (bicyclic) bond motifs is 1. The molecule has 0 spiro atoms. The van der Waals surface area contributed by atoms with Crippen molar-refractivity contribution in [3.8, 4) is 0 Å². The van der Waals surface area contributed by atoms with Crippen molar-refractivity contribution in [1.82, 2.24) is 20.9 Å². The van der Waals surface area contributed by atoms with E-state index in [0.29, 0.717) is 12.5 Å². The van der Waals surface area contributed by atoms with Crippen LogP contribution in [0.25, 0.3) is 10.9 Å². The van der Waals surface area contributed by atoms with E-state index in [4.69, 9.17) is 0 Å². The van der Waals surface area contributed by atoms with Crippen LogP contribution >= 0.6 is 0 Å². The van der Waals surface area contributed by atoms with E-state index in [9.17, 15) is 4.79 Å². The molecule has 0 radical (unpaired) electrons. The first-order chi connectivity index (χ1) is 11.9. The van der Waals surface area contributed by atoms with Gasteiger partial charge in [-0.25, -0.2) is 4.99 Å². The fourth-order valence-electron chi connectivity index (χ4n) is 2.43. The number of pyridine rings is 1. The van der Waals surface area contributed by atoms with Crippen LogP contribution in [0.15, 0.2) is 41.5 Å². The fraction of sp³-hybridized carbons (Fsp3) is 0.421. The van der Waals surface area contributed by atoms with Crippen LogP contribution in [0.1, 0.15) is 33.3 Å². The molecule has 25 heavy (non-hydrogen) atoms. The Morgan fingerprint density at radius 2 is 1.92 bits per heavy atom.